The lowest BCUT2D eigenvalue weighted by molar-refractivity contribution is -0.193. The molecule has 0 bridgehead atoms. The predicted molar refractivity (Wildman–Crippen MR) is 172 cm³/mol. The van der Waals surface area contributed by atoms with Crippen LogP contribution in [0, 0.1) is 0 Å². The number of hydrogen-bond acceptors (Lipinski definition) is 9. The van der Waals surface area contributed by atoms with Gasteiger partial charge in [0.2, 0.25) is 5.91 Å². The molecule has 49 heavy (non-hydrogen) atoms. The summed E-state index contributed by atoms with van der Waals surface area (Å²) in [4.78, 5) is 50.1. The molecule has 1 saturated carbocycles. The van der Waals surface area contributed by atoms with Crippen molar-refractivity contribution < 1.29 is 56.0 Å². The number of fused-ring (bicyclic) bond motifs is 1. The number of hydrogen-bond donors (Lipinski definition) is 5. The number of thiophene rings is 1. The minimum Gasteiger partial charge on any atom is -0.506 e. The van der Waals surface area contributed by atoms with E-state index in [4.69, 9.17) is 25.5 Å². The van der Waals surface area contributed by atoms with Crippen LogP contribution in [-0.4, -0.2) is 99.1 Å². The van der Waals surface area contributed by atoms with Crippen LogP contribution in [0.5, 0.6) is 5.75 Å². The smallest absolute Gasteiger partial charge is 0.490 e. The maximum atomic E-state index is 11.9. The van der Waals surface area contributed by atoms with E-state index in [0.717, 1.165) is 49.3 Å². The minimum atomic E-state index is -5.08. The summed E-state index contributed by atoms with van der Waals surface area (Å²) >= 11 is 2.95. The van der Waals surface area contributed by atoms with E-state index in [2.05, 4.69) is 32.3 Å². The first-order valence-electron chi connectivity index (χ1n) is 15.1. The second kappa shape index (κ2) is 19.5. The van der Waals surface area contributed by atoms with Gasteiger partial charge in [0.15, 0.2) is 0 Å². The number of phenolic OH excluding ortho intramolecular Hbond substituents is 1. The van der Waals surface area contributed by atoms with Crippen molar-refractivity contribution in [2.75, 3.05) is 32.7 Å². The Hall–Kier alpha value is -3.68. The van der Waals surface area contributed by atoms with Gasteiger partial charge < -0.3 is 30.9 Å². The third kappa shape index (κ3) is 15.2. The Morgan fingerprint density at radius 2 is 1.49 bits per heavy atom. The van der Waals surface area contributed by atoms with Crippen LogP contribution in [0.4, 0.5) is 26.3 Å². The zero-order chi connectivity index (χ0) is 36.8. The summed E-state index contributed by atoms with van der Waals surface area (Å²) in [5.74, 6) is -5.64. The van der Waals surface area contributed by atoms with Crippen LogP contribution in [0.1, 0.15) is 49.0 Å². The summed E-state index contributed by atoms with van der Waals surface area (Å²) in [6.45, 7) is 4.36. The summed E-state index contributed by atoms with van der Waals surface area (Å²) in [6, 6.07) is 8.44. The number of carboxylic acids is 2. The van der Waals surface area contributed by atoms with Crippen LogP contribution >= 0.6 is 22.7 Å². The highest BCUT2D eigenvalue weighted by Crippen LogP contribution is 2.29. The molecule has 0 spiro atoms. The lowest BCUT2D eigenvalue weighted by Crippen LogP contribution is -2.44. The number of thiazole rings is 1. The van der Waals surface area contributed by atoms with Crippen LogP contribution in [-0.2, 0) is 27.2 Å². The Balaban J connectivity index is 0.000000500. The standard InChI is InChI=1S/C26H36N4O3S2.2C2HF3O2/c27-23(32)12-14-29(13-11-21-7-4-18-34-21)16-17-30(20-5-2-1-3-6-20)15-10-19-8-9-22(31)24-25(19)35-26(33)28-24;2*3-2(4,5)1(6)7/h4,7-9,18,20,31H,1-3,5-6,10-17H2,(H2,27,32)(H,28,33);2*(H,6,7). The van der Waals surface area contributed by atoms with Crippen molar-refractivity contribution >= 4 is 50.7 Å². The predicted octanol–water partition coefficient (Wildman–Crippen LogP) is 5.22. The number of aromatic amines is 1. The van der Waals surface area contributed by atoms with Crippen molar-refractivity contribution in [2.24, 2.45) is 5.73 Å². The lowest BCUT2D eigenvalue weighted by atomic mass is 9.94. The summed E-state index contributed by atoms with van der Waals surface area (Å²) < 4.78 is 64.3. The van der Waals surface area contributed by atoms with Crippen LogP contribution in [0.15, 0.2) is 34.4 Å². The number of nitrogens with two attached hydrogens (primary N) is 1. The van der Waals surface area contributed by atoms with Gasteiger partial charge in [0.1, 0.15) is 11.3 Å². The van der Waals surface area contributed by atoms with E-state index in [0.29, 0.717) is 24.5 Å². The maximum absolute atomic E-state index is 11.9. The summed E-state index contributed by atoms with van der Waals surface area (Å²) in [7, 11) is 0. The normalized spacial score (nSPS) is 13.9. The highest BCUT2D eigenvalue weighted by Gasteiger charge is 2.39. The number of carbonyl (C=O) groups is 3. The maximum Gasteiger partial charge on any atom is 0.490 e. The molecule has 0 unspecified atom stereocenters. The molecule has 0 atom stereocenters. The average Bonchev–Trinajstić information content (AvgIpc) is 3.69. The summed E-state index contributed by atoms with van der Waals surface area (Å²) in [6.07, 6.45) is -1.67. The Morgan fingerprint density at radius 1 is 0.878 bits per heavy atom. The van der Waals surface area contributed by atoms with Crippen molar-refractivity contribution in [3.63, 3.8) is 0 Å². The Labute approximate surface area is 284 Å². The molecule has 6 N–H and O–H groups in total. The number of H-pyrrole nitrogens is 1. The van der Waals surface area contributed by atoms with Gasteiger partial charge in [-0.15, -0.1) is 11.3 Å². The van der Waals surface area contributed by atoms with E-state index in [-0.39, 0.29) is 16.5 Å². The first-order chi connectivity index (χ1) is 22.9. The number of carbonyl (C=O) groups excluding carboxylic acids is 1. The SMILES string of the molecule is NC(=O)CCN(CCc1cccs1)CCN(CCc1ccc(O)c2[nH]c(=O)sc12)C1CCCCC1.O=C(O)C(F)(F)F.O=C(O)C(F)(F)F. The minimum absolute atomic E-state index is 0.127. The molecule has 274 valence electrons. The third-order valence-electron chi connectivity index (χ3n) is 7.52. The molecule has 19 heteroatoms. The van der Waals surface area contributed by atoms with Crippen molar-refractivity contribution in [1.29, 1.82) is 0 Å². The van der Waals surface area contributed by atoms with E-state index < -0.39 is 24.3 Å². The second-order valence-electron chi connectivity index (χ2n) is 11.0. The average molecular weight is 745 g/mol. The largest absolute Gasteiger partial charge is 0.506 e. The van der Waals surface area contributed by atoms with Gasteiger partial charge in [-0.1, -0.05) is 42.7 Å². The Morgan fingerprint density at radius 3 is 2.02 bits per heavy atom. The van der Waals surface area contributed by atoms with Gasteiger partial charge >= 0.3 is 29.2 Å². The van der Waals surface area contributed by atoms with Gasteiger partial charge in [-0.05, 0) is 48.8 Å². The van der Waals surface area contributed by atoms with Gasteiger partial charge in [0.25, 0.3) is 0 Å². The highest BCUT2D eigenvalue weighted by atomic mass is 32.1. The molecule has 1 aliphatic rings. The van der Waals surface area contributed by atoms with Gasteiger partial charge in [-0.2, -0.15) is 26.3 Å². The fourth-order valence-corrected chi connectivity index (χ4v) is 6.65. The first-order valence-corrected chi connectivity index (χ1v) is 16.8. The fourth-order valence-electron chi connectivity index (χ4n) is 5.05. The molecule has 11 nitrogen and oxygen atoms in total. The monoisotopic (exact) mass is 744 g/mol. The zero-order valence-corrected chi connectivity index (χ0v) is 27.8. The van der Waals surface area contributed by atoms with Crippen molar-refractivity contribution in [1.82, 2.24) is 14.8 Å². The van der Waals surface area contributed by atoms with E-state index >= 15 is 0 Å². The molecule has 1 aliphatic carbocycles. The van der Waals surface area contributed by atoms with E-state index in [1.165, 1.54) is 48.3 Å². The number of nitrogens with zero attached hydrogens (tertiary/aromatic N) is 2. The topological polar surface area (TPSA) is 177 Å². The zero-order valence-electron chi connectivity index (χ0n) is 26.2. The number of benzene rings is 1. The number of alkyl halides is 6. The van der Waals surface area contributed by atoms with E-state index in [9.17, 15) is 41.0 Å². The molecule has 1 amide bonds. The van der Waals surface area contributed by atoms with Crippen LogP contribution in [0.3, 0.4) is 0 Å². The van der Waals surface area contributed by atoms with Gasteiger partial charge in [0, 0.05) is 50.1 Å². The van der Waals surface area contributed by atoms with Crippen molar-refractivity contribution in [2.45, 2.75) is 69.8 Å². The second-order valence-corrected chi connectivity index (χ2v) is 13.0. The van der Waals surface area contributed by atoms with Crippen LogP contribution in [0.2, 0.25) is 0 Å². The van der Waals surface area contributed by atoms with Crippen LogP contribution < -0.4 is 10.6 Å². The van der Waals surface area contributed by atoms with Gasteiger partial charge in [-0.3, -0.25) is 14.5 Å². The number of rotatable bonds is 13. The fraction of sp³-hybridized carbons (Fsp3) is 0.533. The molecular weight excluding hydrogens is 706 g/mol. The number of nitrogens with one attached hydrogen (secondary N) is 1. The Kier molecular flexibility index (Phi) is 16.5. The number of aromatic hydroxyl groups is 1. The van der Waals surface area contributed by atoms with Crippen LogP contribution in [0.25, 0.3) is 10.2 Å². The van der Waals surface area contributed by atoms with E-state index in [1.807, 2.05) is 6.07 Å². The third-order valence-corrected chi connectivity index (χ3v) is 9.41. The molecule has 2 heterocycles. The molecule has 1 fully saturated rings. The summed E-state index contributed by atoms with van der Waals surface area (Å²) in [5, 5.41) is 26.5. The van der Waals surface area contributed by atoms with Gasteiger partial charge in [0.05, 0.1) is 4.70 Å². The highest BCUT2D eigenvalue weighted by molar-refractivity contribution is 7.16. The number of primary amides is 1. The molecule has 4 rings (SSSR count). The molecule has 1 aromatic carbocycles. The van der Waals surface area contributed by atoms with Gasteiger partial charge in [-0.25, -0.2) is 9.59 Å². The van der Waals surface area contributed by atoms with E-state index in [1.54, 1.807) is 17.4 Å². The number of carboxylic acid groups (broad SMARTS) is 2. The molecule has 2 aromatic heterocycles. The lowest BCUT2D eigenvalue weighted by Gasteiger charge is -2.36. The molecular formula is C30H38F6N4O7S2. The molecule has 0 aliphatic heterocycles. The first kappa shape index (κ1) is 41.5. The molecule has 0 radical (unpaired) electrons. The Bertz CT molecular complexity index is 1510. The van der Waals surface area contributed by atoms with Crippen molar-refractivity contribution in [3.8, 4) is 5.75 Å². The summed E-state index contributed by atoms with van der Waals surface area (Å²) in [5.41, 5.74) is 7.11. The number of aromatic nitrogens is 1. The van der Waals surface area contributed by atoms with Crippen molar-refractivity contribution in [3.05, 3.63) is 49.8 Å². The quantitative estimate of drug-likeness (QED) is 0.147. The number of halogens is 6. The number of phenols is 1. The number of aliphatic carboxylic acids is 2. The molecule has 3 aromatic rings. The molecule has 0 saturated heterocycles. The number of amides is 1.